The van der Waals surface area contributed by atoms with Crippen molar-refractivity contribution >= 4 is 17.5 Å². The van der Waals surface area contributed by atoms with Crippen LogP contribution in [0.25, 0.3) is 0 Å². The van der Waals surface area contributed by atoms with Crippen LogP contribution in [-0.4, -0.2) is 99.4 Å². The van der Waals surface area contributed by atoms with Gasteiger partial charge in [0.15, 0.2) is 5.82 Å². The van der Waals surface area contributed by atoms with Gasteiger partial charge in [-0.05, 0) is 95.8 Å². The highest BCUT2D eigenvalue weighted by Crippen LogP contribution is 2.44. The van der Waals surface area contributed by atoms with Gasteiger partial charge >= 0.3 is 0 Å². The molecule has 2 aromatic heterocycles. The Morgan fingerprint density at radius 2 is 1.87 bits per heavy atom. The molecule has 0 unspecified atom stereocenters. The molecule has 3 fully saturated rings. The zero-order chi connectivity index (χ0) is 32.3. The SMILES string of the molecule is CCN(C(=O)c1cc(F)ccc1Oc1nncnc1N1CC2(CCN(CC3CCN(c4cccc(CO)n4)CC3)CC2)C1)C(C)C. The number of hydrogen-bond donors (Lipinski definition) is 1. The molecular formula is C34H45FN8O3. The van der Waals surface area contributed by atoms with Gasteiger partial charge in [0.05, 0.1) is 17.9 Å². The molecule has 1 N–H and O–H groups in total. The lowest BCUT2D eigenvalue weighted by molar-refractivity contribution is 0.0640. The van der Waals surface area contributed by atoms with Crippen molar-refractivity contribution in [3.05, 3.63) is 59.8 Å². The van der Waals surface area contributed by atoms with Gasteiger partial charge in [-0.25, -0.2) is 14.4 Å². The Bertz CT molecular complexity index is 1500. The summed E-state index contributed by atoms with van der Waals surface area (Å²) in [7, 11) is 0. The van der Waals surface area contributed by atoms with Crippen molar-refractivity contribution < 1.29 is 19.0 Å². The molecule has 11 nitrogen and oxygen atoms in total. The number of carbonyl (C=O) groups is 1. The van der Waals surface area contributed by atoms with Crippen molar-refractivity contribution in [2.24, 2.45) is 11.3 Å². The van der Waals surface area contributed by atoms with Crippen molar-refractivity contribution in [3.63, 3.8) is 0 Å². The van der Waals surface area contributed by atoms with Gasteiger partial charge in [-0.2, -0.15) is 0 Å². The van der Waals surface area contributed by atoms with Crippen LogP contribution >= 0.6 is 0 Å². The summed E-state index contributed by atoms with van der Waals surface area (Å²) in [5.74, 6) is 1.89. The third-order valence-electron chi connectivity index (χ3n) is 9.85. The van der Waals surface area contributed by atoms with Crippen molar-refractivity contribution in [3.8, 4) is 11.6 Å². The van der Waals surface area contributed by atoms with Crippen LogP contribution in [0.5, 0.6) is 11.6 Å². The van der Waals surface area contributed by atoms with Crippen molar-refractivity contribution in [2.75, 3.05) is 62.2 Å². The van der Waals surface area contributed by atoms with Crippen molar-refractivity contribution in [1.29, 1.82) is 0 Å². The van der Waals surface area contributed by atoms with E-state index >= 15 is 0 Å². The monoisotopic (exact) mass is 632 g/mol. The first-order chi connectivity index (χ1) is 22.3. The Balaban J connectivity index is 1.02. The molecule has 3 aliphatic rings. The Labute approximate surface area is 270 Å². The van der Waals surface area contributed by atoms with E-state index in [0.717, 1.165) is 83.0 Å². The number of rotatable bonds is 10. The van der Waals surface area contributed by atoms with E-state index < -0.39 is 5.82 Å². The van der Waals surface area contributed by atoms with E-state index in [9.17, 15) is 14.3 Å². The smallest absolute Gasteiger partial charge is 0.282 e. The number of ether oxygens (including phenoxy) is 1. The van der Waals surface area contributed by atoms with Crippen LogP contribution < -0.4 is 14.5 Å². The van der Waals surface area contributed by atoms with Crippen LogP contribution in [0.4, 0.5) is 16.0 Å². The van der Waals surface area contributed by atoms with E-state index in [-0.39, 0.29) is 41.2 Å². The highest BCUT2D eigenvalue weighted by atomic mass is 19.1. The predicted molar refractivity (Wildman–Crippen MR) is 174 cm³/mol. The minimum atomic E-state index is -0.503. The second kappa shape index (κ2) is 13.8. The second-order valence-electron chi connectivity index (χ2n) is 13.2. The molecule has 1 spiro atoms. The lowest BCUT2D eigenvalue weighted by Crippen LogP contribution is -2.61. The Morgan fingerprint density at radius 1 is 1.11 bits per heavy atom. The molecule has 5 heterocycles. The third-order valence-corrected chi connectivity index (χ3v) is 9.85. The highest BCUT2D eigenvalue weighted by Gasteiger charge is 2.46. The zero-order valence-electron chi connectivity index (χ0n) is 27.1. The minimum Gasteiger partial charge on any atom is -0.434 e. The van der Waals surface area contributed by atoms with Gasteiger partial charge in [-0.15, -0.1) is 10.2 Å². The summed E-state index contributed by atoms with van der Waals surface area (Å²) in [5.41, 5.74) is 1.11. The number of anilines is 2. The lowest BCUT2D eigenvalue weighted by Gasteiger charge is -2.54. The largest absolute Gasteiger partial charge is 0.434 e. The number of amides is 1. The Morgan fingerprint density at radius 3 is 2.57 bits per heavy atom. The summed E-state index contributed by atoms with van der Waals surface area (Å²) >= 11 is 0. The number of carbonyl (C=O) groups excluding carboxylic acids is 1. The van der Waals surface area contributed by atoms with E-state index in [2.05, 4.69) is 34.9 Å². The molecule has 0 atom stereocenters. The van der Waals surface area contributed by atoms with Crippen LogP contribution in [0, 0.1) is 17.2 Å². The summed E-state index contributed by atoms with van der Waals surface area (Å²) in [5, 5.41) is 17.6. The topological polar surface area (TPSA) is 111 Å². The van der Waals surface area contributed by atoms with Crippen molar-refractivity contribution in [1.82, 2.24) is 30.0 Å². The first-order valence-corrected chi connectivity index (χ1v) is 16.5. The average Bonchev–Trinajstić information content (AvgIpc) is 3.06. The molecule has 1 amide bonds. The number of likely N-dealkylation sites (tertiary alicyclic amines) is 1. The van der Waals surface area contributed by atoms with Gasteiger partial charge in [0, 0.05) is 50.7 Å². The van der Waals surface area contributed by atoms with Gasteiger partial charge in [-0.1, -0.05) is 6.07 Å². The van der Waals surface area contributed by atoms with Gasteiger partial charge < -0.3 is 29.4 Å². The second-order valence-corrected chi connectivity index (χ2v) is 13.2. The van der Waals surface area contributed by atoms with Crippen molar-refractivity contribution in [2.45, 2.75) is 59.1 Å². The molecule has 0 radical (unpaired) electrons. The number of aliphatic hydroxyl groups excluding tert-OH is 1. The number of nitrogens with zero attached hydrogens (tertiary/aromatic N) is 8. The Kier molecular flexibility index (Phi) is 9.65. The first kappa shape index (κ1) is 32.1. The number of hydrogen-bond acceptors (Lipinski definition) is 10. The summed E-state index contributed by atoms with van der Waals surface area (Å²) in [6, 6.07) is 9.79. The molecular weight excluding hydrogens is 587 g/mol. The van der Waals surface area contributed by atoms with E-state index in [1.165, 1.54) is 24.5 Å². The maximum absolute atomic E-state index is 14.3. The number of halogens is 1. The Hall–Kier alpha value is -3.90. The summed E-state index contributed by atoms with van der Waals surface area (Å²) in [6.45, 7) is 13.3. The third kappa shape index (κ3) is 6.92. The maximum atomic E-state index is 14.3. The fourth-order valence-electron chi connectivity index (χ4n) is 7.18. The fourth-order valence-corrected chi connectivity index (χ4v) is 7.18. The molecule has 0 aliphatic carbocycles. The number of aromatic nitrogens is 4. The van der Waals surface area contributed by atoms with Gasteiger partial charge in [0.25, 0.3) is 11.8 Å². The van der Waals surface area contributed by atoms with E-state index in [1.54, 1.807) is 4.90 Å². The fraction of sp³-hybridized carbons (Fsp3) is 0.559. The summed E-state index contributed by atoms with van der Waals surface area (Å²) in [4.78, 5) is 31.2. The van der Waals surface area contributed by atoms with Crippen LogP contribution in [0.3, 0.4) is 0 Å². The molecule has 46 heavy (non-hydrogen) atoms. The molecule has 6 rings (SSSR count). The molecule has 1 aromatic carbocycles. The molecule has 3 aliphatic heterocycles. The van der Waals surface area contributed by atoms with Gasteiger partial charge in [0.2, 0.25) is 0 Å². The lowest BCUT2D eigenvalue weighted by atomic mass is 9.72. The van der Waals surface area contributed by atoms with E-state index in [1.807, 2.05) is 39.0 Å². The summed E-state index contributed by atoms with van der Waals surface area (Å²) < 4.78 is 20.4. The molecule has 12 heteroatoms. The molecule has 0 saturated carbocycles. The number of piperidine rings is 2. The normalized spacial score (nSPS) is 18.6. The molecule has 3 aromatic rings. The van der Waals surface area contributed by atoms with Crippen LogP contribution in [-0.2, 0) is 6.61 Å². The van der Waals surface area contributed by atoms with E-state index in [4.69, 9.17) is 4.74 Å². The van der Waals surface area contributed by atoms with Crippen LogP contribution in [0.1, 0.15) is 62.5 Å². The first-order valence-electron chi connectivity index (χ1n) is 16.5. The average molecular weight is 633 g/mol. The predicted octanol–water partition coefficient (Wildman–Crippen LogP) is 4.38. The van der Waals surface area contributed by atoms with Crippen LogP contribution in [0.2, 0.25) is 0 Å². The summed E-state index contributed by atoms with van der Waals surface area (Å²) in [6.07, 6.45) is 5.98. The number of benzene rings is 1. The van der Waals surface area contributed by atoms with Gasteiger partial charge in [0.1, 0.15) is 23.7 Å². The van der Waals surface area contributed by atoms with Gasteiger partial charge in [-0.3, -0.25) is 4.79 Å². The quantitative estimate of drug-likeness (QED) is 0.346. The molecule has 246 valence electrons. The maximum Gasteiger partial charge on any atom is 0.282 e. The van der Waals surface area contributed by atoms with Crippen LogP contribution in [0.15, 0.2) is 42.7 Å². The zero-order valence-corrected chi connectivity index (χ0v) is 27.1. The number of pyridine rings is 1. The molecule has 0 bridgehead atoms. The number of aliphatic hydroxyl groups is 1. The minimum absolute atomic E-state index is 0.0287. The molecule has 3 saturated heterocycles. The van der Waals surface area contributed by atoms with E-state index in [0.29, 0.717) is 18.3 Å². The standard InChI is InChI=1S/C34H45FN8O3/c1-4-43(24(2)3)33(45)28-18-26(35)8-9-29(28)46-32-31(36-23-37-39-32)42-21-34(22-42)12-16-40(17-13-34)19-25-10-14-41(15-11-25)30-7-5-6-27(20-44)38-30/h5-9,18,23-25,44H,4,10-17,19-22H2,1-3H3. The highest BCUT2D eigenvalue weighted by molar-refractivity contribution is 5.97.